The summed E-state index contributed by atoms with van der Waals surface area (Å²) in [6.45, 7) is 7.25. The second kappa shape index (κ2) is 4.35. The van der Waals surface area contributed by atoms with Gasteiger partial charge in [-0.1, -0.05) is 0 Å². The molecule has 0 saturated heterocycles. The smallest absolute Gasteiger partial charge is 0.268 e. The van der Waals surface area contributed by atoms with E-state index < -0.39 is 5.60 Å². The summed E-state index contributed by atoms with van der Waals surface area (Å²) >= 11 is 0. The normalized spacial score (nSPS) is 11.2. The molecule has 0 atom stereocenters. The third-order valence-electron chi connectivity index (χ3n) is 1.55. The van der Waals surface area contributed by atoms with Gasteiger partial charge in [0.15, 0.2) is 5.69 Å². The van der Waals surface area contributed by atoms with E-state index in [4.69, 9.17) is 4.84 Å². The predicted molar refractivity (Wildman–Crippen MR) is 55.1 cm³/mol. The van der Waals surface area contributed by atoms with Crippen LogP contribution in [0.4, 0.5) is 0 Å². The van der Waals surface area contributed by atoms with Gasteiger partial charge in [0.05, 0.1) is 11.3 Å². The zero-order valence-electron chi connectivity index (χ0n) is 9.37. The van der Waals surface area contributed by atoms with Gasteiger partial charge in [-0.25, -0.2) is 10.5 Å². The van der Waals surface area contributed by atoms with Crippen molar-refractivity contribution >= 4 is 5.91 Å². The van der Waals surface area contributed by atoms with Crippen molar-refractivity contribution in [3.05, 3.63) is 23.8 Å². The summed E-state index contributed by atoms with van der Waals surface area (Å²) in [5.74, 6) is -0.379. The molecule has 1 amide bonds. The molecule has 1 heterocycles. The fourth-order valence-electron chi connectivity index (χ4n) is 0.878. The molecule has 0 aliphatic carbocycles. The van der Waals surface area contributed by atoms with E-state index in [2.05, 4.69) is 15.4 Å². The number of hydrogen-bond donors (Lipinski definition) is 1. The number of hydroxylamine groups is 1. The van der Waals surface area contributed by atoms with Crippen LogP contribution in [-0.4, -0.2) is 21.5 Å². The summed E-state index contributed by atoms with van der Waals surface area (Å²) < 4.78 is 0. The van der Waals surface area contributed by atoms with Crippen LogP contribution >= 0.6 is 0 Å². The molecule has 0 unspecified atom stereocenters. The highest BCUT2D eigenvalue weighted by atomic mass is 16.7. The van der Waals surface area contributed by atoms with Gasteiger partial charge in [-0.15, -0.1) is 0 Å². The van der Waals surface area contributed by atoms with E-state index in [1.807, 2.05) is 20.8 Å². The minimum atomic E-state index is -0.425. The predicted octanol–water partition coefficient (Wildman–Crippen LogP) is 1.24. The molecule has 5 nitrogen and oxygen atoms in total. The lowest BCUT2D eigenvalue weighted by Crippen LogP contribution is -2.34. The molecular formula is C10H15N3O2. The van der Waals surface area contributed by atoms with Crippen LogP contribution in [0.1, 0.15) is 37.0 Å². The fourth-order valence-corrected chi connectivity index (χ4v) is 0.878. The second-order valence-electron chi connectivity index (χ2n) is 4.14. The first-order valence-electron chi connectivity index (χ1n) is 4.66. The van der Waals surface area contributed by atoms with Crippen molar-refractivity contribution in [1.82, 2.24) is 15.4 Å². The van der Waals surface area contributed by atoms with Crippen molar-refractivity contribution in [3.63, 3.8) is 0 Å². The van der Waals surface area contributed by atoms with Crippen LogP contribution < -0.4 is 5.48 Å². The quantitative estimate of drug-likeness (QED) is 0.744. The average molecular weight is 209 g/mol. The molecule has 82 valence electrons. The maximum atomic E-state index is 11.6. The van der Waals surface area contributed by atoms with Gasteiger partial charge in [-0.2, -0.15) is 0 Å². The average Bonchev–Trinajstić information content (AvgIpc) is 2.14. The van der Waals surface area contributed by atoms with Crippen LogP contribution in [0.15, 0.2) is 12.4 Å². The highest BCUT2D eigenvalue weighted by Crippen LogP contribution is 2.05. The third kappa shape index (κ3) is 3.63. The first-order chi connectivity index (χ1) is 6.90. The SMILES string of the molecule is Cc1nccnc1C(=O)NOC(C)(C)C. The fraction of sp³-hybridized carbons (Fsp3) is 0.500. The van der Waals surface area contributed by atoms with Crippen LogP contribution in [0.3, 0.4) is 0 Å². The van der Waals surface area contributed by atoms with Crippen molar-refractivity contribution in [2.24, 2.45) is 0 Å². The number of aromatic nitrogens is 2. The Morgan fingerprint density at radius 3 is 2.47 bits per heavy atom. The van der Waals surface area contributed by atoms with Crippen LogP contribution in [0.5, 0.6) is 0 Å². The summed E-state index contributed by atoms with van der Waals surface area (Å²) in [6, 6.07) is 0. The Balaban J connectivity index is 2.66. The molecule has 1 aromatic rings. The zero-order valence-corrected chi connectivity index (χ0v) is 9.37. The van der Waals surface area contributed by atoms with Crippen molar-refractivity contribution in [2.75, 3.05) is 0 Å². The number of nitrogens with one attached hydrogen (secondary N) is 1. The van der Waals surface area contributed by atoms with Gasteiger partial charge >= 0.3 is 0 Å². The van der Waals surface area contributed by atoms with Crippen LogP contribution in [-0.2, 0) is 4.84 Å². The standard InChI is InChI=1S/C10H15N3O2/c1-7-8(12-6-5-11-7)9(14)13-15-10(2,3)4/h5-6H,1-4H3,(H,13,14). The minimum absolute atomic E-state index is 0.279. The van der Waals surface area contributed by atoms with E-state index in [0.717, 1.165) is 0 Å². The number of aryl methyl sites for hydroxylation is 1. The van der Waals surface area contributed by atoms with E-state index in [0.29, 0.717) is 5.69 Å². The van der Waals surface area contributed by atoms with E-state index in [9.17, 15) is 4.79 Å². The summed E-state index contributed by atoms with van der Waals surface area (Å²) in [5.41, 5.74) is 2.77. The van der Waals surface area contributed by atoms with Crippen LogP contribution in [0.2, 0.25) is 0 Å². The first-order valence-corrected chi connectivity index (χ1v) is 4.66. The Morgan fingerprint density at radius 2 is 1.93 bits per heavy atom. The van der Waals surface area contributed by atoms with Crippen molar-refractivity contribution in [1.29, 1.82) is 0 Å². The van der Waals surface area contributed by atoms with Crippen molar-refractivity contribution in [3.8, 4) is 0 Å². The van der Waals surface area contributed by atoms with E-state index in [1.54, 1.807) is 6.92 Å². The van der Waals surface area contributed by atoms with Crippen molar-refractivity contribution in [2.45, 2.75) is 33.3 Å². The maximum Gasteiger partial charge on any atom is 0.295 e. The Bertz CT molecular complexity index is 358. The second-order valence-corrected chi connectivity index (χ2v) is 4.14. The molecule has 15 heavy (non-hydrogen) atoms. The molecule has 0 fully saturated rings. The molecule has 0 radical (unpaired) electrons. The highest BCUT2D eigenvalue weighted by Gasteiger charge is 2.16. The molecular weight excluding hydrogens is 194 g/mol. The highest BCUT2D eigenvalue weighted by molar-refractivity contribution is 5.92. The summed E-state index contributed by atoms with van der Waals surface area (Å²) in [5, 5.41) is 0. The van der Waals surface area contributed by atoms with Gasteiger partial charge in [0.1, 0.15) is 0 Å². The summed E-state index contributed by atoms with van der Waals surface area (Å²) in [7, 11) is 0. The number of amides is 1. The van der Waals surface area contributed by atoms with Crippen LogP contribution in [0, 0.1) is 6.92 Å². The number of rotatable bonds is 2. The van der Waals surface area contributed by atoms with Gasteiger partial charge in [0.2, 0.25) is 0 Å². The molecule has 0 bridgehead atoms. The number of carbonyl (C=O) groups is 1. The van der Waals surface area contributed by atoms with Gasteiger partial charge < -0.3 is 0 Å². The molecule has 0 aromatic carbocycles. The zero-order chi connectivity index (χ0) is 11.5. The van der Waals surface area contributed by atoms with Crippen LogP contribution in [0.25, 0.3) is 0 Å². The molecule has 0 spiro atoms. The molecule has 1 N–H and O–H groups in total. The Labute approximate surface area is 88.8 Å². The number of hydrogen-bond acceptors (Lipinski definition) is 4. The number of carbonyl (C=O) groups excluding carboxylic acids is 1. The largest absolute Gasteiger partial charge is 0.295 e. The monoisotopic (exact) mass is 209 g/mol. The van der Waals surface area contributed by atoms with E-state index in [1.165, 1.54) is 12.4 Å². The maximum absolute atomic E-state index is 11.6. The molecule has 0 aliphatic rings. The topological polar surface area (TPSA) is 64.1 Å². The van der Waals surface area contributed by atoms with Gasteiger partial charge in [-0.05, 0) is 27.7 Å². The molecule has 1 rings (SSSR count). The third-order valence-corrected chi connectivity index (χ3v) is 1.55. The Morgan fingerprint density at radius 1 is 1.33 bits per heavy atom. The van der Waals surface area contributed by atoms with Crippen molar-refractivity contribution < 1.29 is 9.63 Å². The summed E-state index contributed by atoms with van der Waals surface area (Å²) in [6.07, 6.45) is 3.01. The molecule has 5 heteroatoms. The van der Waals surface area contributed by atoms with Gasteiger partial charge in [0.25, 0.3) is 5.91 Å². The Hall–Kier alpha value is -1.49. The van der Waals surface area contributed by atoms with E-state index >= 15 is 0 Å². The lowest BCUT2D eigenvalue weighted by atomic mass is 10.2. The van der Waals surface area contributed by atoms with Gasteiger partial charge in [0, 0.05) is 12.4 Å². The minimum Gasteiger partial charge on any atom is -0.268 e. The Kier molecular flexibility index (Phi) is 3.36. The molecule has 1 aromatic heterocycles. The molecule has 0 saturated carbocycles. The number of nitrogens with zero attached hydrogens (tertiary/aromatic N) is 2. The lowest BCUT2D eigenvalue weighted by molar-refractivity contribution is -0.0592. The van der Waals surface area contributed by atoms with E-state index in [-0.39, 0.29) is 11.6 Å². The molecule has 0 aliphatic heterocycles. The van der Waals surface area contributed by atoms with Gasteiger partial charge in [-0.3, -0.25) is 14.6 Å². The summed E-state index contributed by atoms with van der Waals surface area (Å²) in [4.78, 5) is 24.6. The lowest BCUT2D eigenvalue weighted by Gasteiger charge is -2.18. The first kappa shape index (κ1) is 11.6.